The number of benzene rings is 1. The van der Waals surface area contributed by atoms with E-state index in [1.165, 1.54) is 18.1 Å². The lowest BCUT2D eigenvalue weighted by Crippen LogP contribution is -2.65. The van der Waals surface area contributed by atoms with Crippen LogP contribution in [0.25, 0.3) is 5.76 Å². The molecule has 1 aromatic rings. The van der Waals surface area contributed by atoms with Crippen LogP contribution in [-0.2, 0) is 32.1 Å². The van der Waals surface area contributed by atoms with Crippen molar-refractivity contribution in [2.75, 3.05) is 41.5 Å². The highest BCUT2D eigenvalue weighted by Crippen LogP contribution is 2.53. The van der Waals surface area contributed by atoms with Gasteiger partial charge in [-0.05, 0) is 58.3 Å². The lowest BCUT2D eigenvalue weighted by molar-refractivity contribution is -0.153. The number of nitrogens with two attached hydrogens (primary N) is 1. The fraction of sp³-hybridized carbons (Fsp3) is 0.552. The first kappa shape index (κ1) is 29.2. The third-order valence-corrected chi connectivity index (χ3v) is 9.17. The monoisotopic (exact) mass is 573 g/mol. The highest BCUT2D eigenvalue weighted by molar-refractivity contribution is 6.24. The van der Waals surface area contributed by atoms with Gasteiger partial charge in [0, 0.05) is 42.3 Å². The van der Waals surface area contributed by atoms with Gasteiger partial charge in [-0.25, -0.2) is 4.39 Å². The van der Waals surface area contributed by atoms with Crippen molar-refractivity contribution in [1.29, 1.82) is 0 Å². The summed E-state index contributed by atoms with van der Waals surface area (Å²) in [5.41, 5.74) is 2.15. The van der Waals surface area contributed by atoms with Gasteiger partial charge in [-0.2, -0.15) is 0 Å². The van der Waals surface area contributed by atoms with Crippen LogP contribution in [0.3, 0.4) is 0 Å². The van der Waals surface area contributed by atoms with Gasteiger partial charge in [0.05, 0.1) is 25.3 Å². The summed E-state index contributed by atoms with van der Waals surface area (Å²) in [6.07, 6.45) is 1.83. The Morgan fingerprint density at radius 3 is 2.59 bits per heavy atom. The Kier molecular flexibility index (Phi) is 7.48. The second kappa shape index (κ2) is 10.5. The molecule has 0 unspecified atom stereocenters. The number of aliphatic hydroxyl groups excluding tert-OH is 2. The maximum Gasteiger partial charge on any atom is 0.255 e. The number of rotatable bonds is 7. The predicted molar refractivity (Wildman–Crippen MR) is 144 cm³/mol. The van der Waals surface area contributed by atoms with E-state index in [-0.39, 0.29) is 41.3 Å². The van der Waals surface area contributed by atoms with Gasteiger partial charge in [0.2, 0.25) is 5.78 Å². The average Bonchev–Trinajstić information content (AvgIpc) is 3.34. The van der Waals surface area contributed by atoms with Gasteiger partial charge in [0.25, 0.3) is 5.91 Å². The summed E-state index contributed by atoms with van der Waals surface area (Å²) in [5.74, 6) is -7.19. The quantitative estimate of drug-likeness (QED) is 0.346. The van der Waals surface area contributed by atoms with E-state index in [2.05, 4.69) is 4.90 Å². The summed E-state index contributed by atoms with van der Waals surface area (Å²) in [6.45, 7) is 1.61. The molecule has 0 bridgehead atoms. The Morgan fingerprint density at radius 1 is 1.27 bits per heavy atom. The number of nitrogens with zero attached hydrogens (tertiary/aromatic N) is 2. The summed E-state index contributed by atoms with van der Waals surface area (Å²) in [5, 5.41) is 34.1. The number of fused-ring (bicyclic) bond motifs is 3. The van der Waals surface area contributed by atoms with Crippen molar-refractivity contribution in [1.82, 2.24) is 9.80 Å². The van der Waals surface area contributed by atoms with E-state index in [0.29, 0.717) is 18.7 Å². The van der Waals surface area contributed by atoms with E-state index in [9.17, 15) is 29.7 Å². The van der Waals surface area contributed by atoms with Crippen molar-refractivity contribution >= 4 is 23.2 Å². The van der Waals surface area contributed by atoms with E-state index < -0.39 is 63.9 Å². The van der Waals surface area contributed by atoms with Gasteiger partial charge < -0.3 is 30.5 Å². The molecular formula is C29H36FN3O8. The second-order valence-electron chi connectivity index (χ2n) is 11.6. The fourth-order valence-electron chi connectivity index (χ4n) is 7.31. The maximum absolute atomic E-state index is 16.2. The van der Waals surface area contributed by atoms with Crippen molar-refractivity contribution < 1.29 is 43.6 Å². The molecular weight excluding hydrogens is 537 g/mol. The highest BCUT2D eigenvalue weighted by atomic mass is 19.1. The summed E-state index contributed by atoms with van der Waals surface area (Å²) in [4.78, 5) is 42.9. The Morgan fingerprint density at radius 2 is 1.98 bits per heavy atom. The molecule has 41 heavy (non-hydrogen) atoms. The van der Waals surface area contributed by atoms with Crippen molar-refractivity contribution in [3.63, 3.8) is 0 Å². The molecule has 1 heterocycles. The van der Waals surface area contributed by atoms with Crippen LogP contribution < -0.4 is 10.5 Å². The maximum atomic E-state index is 16.2. The zero-order valence-corrected chi connectivity index (χ0v) is 23.6. The van der Waals surface area contributed by atoms with Gasteiger partial charge in [-0.1, -0.05) is 0 Å². The molecule has 0 radical (unpaired) electrons. The molecule has 1 aromatic carbocycles. The minimum atomic E-state index is -2.69. The number of ketones is 2. The summed E-state index contributed by atoms with van der Waals surface area (Å²) < 4.78 is 27.1. The Labute approximate surface area is 237 Å². The van der Waals surface area contributed by atoms with Crippen LogP contribution in [0.5, 0.6) is 5.75 Å². The van der Waals surface area contributed by atoms with E-state index in [1.807, 2.05) is 0 Å². The summed E-state index contributed by atoms with van der Waals surface area (Å²) in [7, 11) is 6.08. The van der Waals surface area contributed by atoms with E-state index in [0.717, 1.165) is 19.4 Å². The topological polar surface area (TPSA) is 163 Å². The third-order valence-electron chi connectivity index (χ3n) is 9.17. The minimum absolute atomic E-state index is 0.0000898. The molecule has 1 aliphatic heterocycles. The van der Waals surface area contributed by atoms with Crippen LogP contribution in [0.15, 0.2) is 23.0 Å². The number of primary amides is 1. The number of carbonyl (C=O) groups is 3. The molecule has 1 saturated carbocycles. The largest absolute Gasteiger partial charge is 0.508 e. The van der Waals surface area contributed by atoms with Crippen LogP contribution >= 0.6 is 0 Å². The van der Waals surface area contributed by atoms with Gasteiger partial charge in [-0.3, -0.25) is 24.2 Å². The summed E-state index contributed by atoms with van der Waals surface area (Å²) in [6, 6.07) is 0.473. The molecule has 11 nitrogen and oxygen atoms in total. The molecule has 0 spiro atoms. The molecule has 3 aliphatic carbocycles. The van der Waals surface area contributed by atoms with Crippen LogP contribution in [0, 0.1) is 17.7 Å². The number of methoxy groups -OCH3 is 2. The Hall–Kier alpha value is -3.32. The number of Topliss-reactive ketones (excluding diaryl/α,β-unsaturated/α-hetero) is 2. The molecule has 1 saturated heterocycles. The molecule has 5 rings (SSSR count). The number of halogens is 1. The SMILES string of the molecule is COC[C@H]1CCCN1Cc1cc(OC)c2c(c1F)C[C@H]1C[C@H]3[C@H](N(C)C)C(=O)C(C(N)=O)=C(O)[C@@]3(O)C(=O)C1=C2O. The van der Waals surface area contributed by atoms with Crippen LogP contribution in [0.1, 0.15) is 36.0 Å². The van der Waals surface area contributed by atoms with E-state index in [4.69, 9.17) is 15.2 Å². The standard InChI is InChI=1S/C29H36FN3O8/c1-32(2)23-17-9-13-8-16-20(18(41-4)10-14(22(16)30)11-33-7-5-6-15(33)12-40-3)24(34)19(13)26(36)29(17,39)27(37)21(25(23)35)28(31)38/h10,13,15,17,23,34,37,39H,5-9,11-12H2,1-4H3,(H2,31,38)/t13-,15+,17-,23-,29-/m0/s1. The first-order valence-corrected chi connectivity index (χ1v) is 13.6. The smallest absolute Gasteiger partial charge is 0.255 e. The lowest BCUT2D eigenvalue weighted by atomic mass is 9.57. The molecule has 5 N–H and O–H groups in total. The average molecular weight is 574 g/mol. The second-order valence-corrected chi connectivity index (χ2v) is 11.6. The van der Waals surface area contributed by atoms with E-state index in [1.54, 1.807) is 21.2 Å². The fourth-order valence-corrected chi connectivity index (χ4v) is 7.31. The third kappa shape index (κ3) is 4.27. The zero-order chi connectivity index (χ0) is 30.0. The first-order chi connectivity index (χ1) is 19.4. The van der Waals surface area contributed by atoms with Crippen LogP contribution in [0.4, 0.5) is 4.39 Å². The minimum Gasteiger partial charge on any atom is -0.508 e. The van der Waals surface area contributed by atoms with Gasteiger partial charge in [0.1, 0.15) is 28.7 Å². The molecule has 222 valence electrons. The number of ether oxygens (including phenoxy) is 2. The zero-order valence-electron chi connectivity index (χ0n) is 23.6. The number of amides is 1. The van der Waals surface area contributed by atoms with Crippen molar-refractivity contribution in [3.8, 4) is 5.75 Å². The number of hydrogen-bond acceptors (Lipinski definition) is 10. The van der Waals surface area contributed by atoms with E-state index >= 15 is 4.39 Å². The van der Waals surface area contributed by atoms with Crippen LogP contribution in [0.2, 0.25) is 0 Å². The molecule has 0 aromatic heterocycles. The molecule has 2 fully saturated rings. The molecule has 12 heteroatoms. The van der Waals surface area contributed by atoms with Crippen molar-refractivity contribution in [3.05, 3.63) is 45.5 Å². The van der Waals surface area contributed by atoms with Crippen molar-refractivity contribution in [2.24, 2.45) is 17.6 Å². The molecule has 1 amide bonds. The van der Waals surface area contributed by atoms with Gasteiger partial charge in [-0.15, -0.1) is 0 Å². The number of likely N-dealkylation sites (N-methyl/N-ethyl adjacent to an activating group) is 1. The van der Waals surface area contributed by atoms with Crippen molar-refractivity contribution in [2.45, 2.75) is 49.9 Å². The van der Waals surface area contributed by atoms with Crippen LogP contribution in [-0.4, -0.2) is 102 Å². The number of carbonyl (C=O) groups excluding carboxylic acids is 3. The number of hydrogen-bond donors (Lipinski definition) is 4. The number of likely N-dealkylation sites (tertiary alicyclic amines) is 1. The number of aliphatic hydroxyl groups is 3. The Bertz CT molecular complexity index is 1390. The molecule has 4 aliphatic rings. The normalized spacial score (nSPS) is 30.0. The highest BCUT2D eigenvalue weighted by Gasteiger charge is 2.64. The van der Waals surface area contributed by atoms with Gasteiger partial charge in [0.15, 0.2) is 11.4 Å². The molecule has 5 atom stereocenters. The first-order valence-electron chi connectivity index (χ1n) is 13.6. The summed E-state index contributed by atoms with van der Waals surface area (Å²) >= 11 is 0. The Balaban J connectivity index is 1.64. The predicted octanol–water partition coefficient (Wildman–Crippen LogP) is 1.02. The lowest BCUT2D eigenvalue weighted by Gasteiger charge is -2.50. The van der Waals surface area contributed by atoms with Gasteiger partial charge >= 0.3 is 0 Å².